The molecule has 17 aromatic rings. The Hall–Kier alpha value is -12.7. The number of furan rings is 2. The Bertz CT molecular complexity index is 5590. The molecular formula is C78H42N8O2. The first-order chi connectivity index (χ1) is 43.5. The van der Waals surface area contributed by atoms with E-state index in [1.165, 1.54) is 0 Å². The van der Waals surface area contributed by atoms with Crippen LogP contribution < -0.4 is 0 Å². The normalized spacial score (nSPS) is 11.6. The topological polar surface area (TPSA) is 107 Å². The van der Waals surface area contributed by atoms with Crippen molar-refractivity contribution >= 4 is 98.9 Å². The second-order valence-electron chi connectivity index (χ2n) is 21.9. The highest BCUT2D eigenvalue weighted by molar-refractivity contribution is 6.25. The van der Waals surface area contributed by atoms with E-state index in [4.69, 9.17) is 36.9 Å². The van der Waals surface area contributed by atoms with Crippen LogP contribution in [0, 0.1) is 24.5 Å². The lowest BCUT2D eigenvalue weighted by Crippen LogP contribution is -2.06. The first-order valence-electron chi connectivity index (χ1n) is 28.8. The minimum absolute atomic E-state index is 0.433. The van der Waals surface area contributed by atoms with Gasteiger partial charge in [-0.2, -0.15) is 5.26 Å². The first kappa shape index (κ1) is 49.9. The van der Waals surface area contributed by atoms with Gasteiger partial charge in [0.25, 0.3) is 0 Å². The maximum absolute atomic E-state index is 9.83. The van der Waals surface area contributed by atoms with E-state index in [1.807, 2.05) is 133 Å². The molecule has 5 aromatic heterocycles. The summed E-state index contributed by atoms with van der Waals surface area (Å²) in [5, 5.41) is 18.0. The molecular weight excluding hydrogens is 1080 g/mol. The molecule has 0 aliphatic heterocycles. The quantitative estimate of drug-likeness (QED) is 0.140. The maximum Gasteiger partial charge on any atom is 0.187 e. The zero-order valence-corrected chi connectivity index (χ0v) is 46.6. The lowest BCUT2D eigenvalue weighted by Gasteiger charge is -2.18. The van der Waals surface area contributed by atoms with Gasteiger partial charge in [0.2, 0.25) is 0 Å². The highest BCUT2D eigenvalue weighted by Gasteiger charge is 2.26. The molecule has 88 heavy (non-hydrogen) atoms. The molecule has 0 saturated carbocycles. The fourth-order valence-electron chi connectivity index (χ4n) is 12.9. The van der Waals surface area contributed by atoms with E-state index >= 15 is 0 Å². The molecule has 0 aliphatic rings. The molecule has 5 heterocycles. The molecule has 10 heteroatoms. The Kier molecular flexibility index (Phi) is 11.2. The van der Waals surface area contributed by atoms with E-state index in [-0.39, 0.29) is 0 Å². The smallest absolute Gasteiger partial charge is 0.187 e. The molecule has 0 atom stereocenters. The molecule has 12 aromatic carbocycles. The number of benzene rings is 12. The molecule has 0 bridgehead atoms. The van der Waals surface area contributed by atoms with E-state index in [9.17, 15) is 5.26 Å². The van der Waals surface area contributed by atoms with Crippen molar-refractivity contribution in [1.82, 2.24) is 24.1 Å². The zero-order valence-electron chi connectivity index (χ0n) is 46.6. The third kappa shape index (κ3) is 7.83. The van der Waals surface area contributed by atoms with Gasteiger partial charge < -0.3 is 18.0 Å². The second kappa shape index (κ2) is 19.7. The van der Waals surface area contributed by atoms with Crippen LogP contribution in [-0.2, 0) is 0 Å². The minimum atomic E-state index is 0.433. The van der Waals surface area contributed by atoms with E-state index < -0.39 is 0 Å². The fourth-order valence-corrected chi connectivity index (χ4v) is 12.9. The zero-order chi connectivity index (χ0) is 58.6. The van der Waals surface area contributed by atoms with Gasteiger partial charge in [0.05, 0.1) is 69.0 Å². The molecule has 0 aliphatic carbocycles. The fraction of sp³-hybridized carbons (Fsp3) is 0. The number of hydrogen-bond acceptors (Lipinski definition) is 6. The SMILES string of the molecule is [C-]#[N+]c1ccc(-c2ccc(-c3nc(-c4ccc(-c5cccc(C#N)c5)cc4)nc(-c4ccc(-c5ccc([N+]#[C-])cc5)cc4-n4c5ccccc5c5c6oc7ccccc7c6ccc54)n3)c(-n3c4ccccc4c4c5oc6ccccc6c5ccc43)c2)cc1. The average molecular weight is 1120 g/mol. The molecule has 0 unspecified atom stereocenters. The van der Waals surface area contributed by atoms with Gasteiger partial charge in [0, 0.05) is 49.0 Å². The molecule has 10 nitrogen and oxygen atoms in total. The van der Waals surface area contributed by atoms with Crippen LogP contribution in [0.5, 0.6) is 0 Å². The van der Waals surface area contributed by atoms with Crippen LogP contribution in [0.1, 0.15) is 5.56 Å². The summed E-state index contributed by atoms with van der Waals surface area (Å²) in [4.78, 5) is 24.1. The lowest BCUT2D eigenvalue weighted by atomic mass is 10.00. The number of hydrogen-bond donors (Lipinski definition) is 0. The van der Waals surface area contributed by atoms with Gasteiger partial charge in [0.15, 0.2) is 28.8 Å². The van der Waals surface area contributed by atoms with Gasteiger partial charge >= 0.3 is 0 Å². The summed E-state index contributed by atoms with van der Waals surface area (Å²) in [5.41, 5.74) is 18.2. The maximum atomic E-state index is 9.83. The number of nitrogens with zero attached hydrogens (tertiary/aromatic N) is 8. The first-order valence-corrected chi connectivity index (χ1v) is 28.8. The Morgan fingerprint density at radius 2 is 0.750 bits per heavy atom. The Morgan fingerprint density at radius 3 is 1.23 bits per heavy atom. The van der Waals surface area contributed by atoms with Crippen molar-refractivity contribution in [3.8, 4) is 85.0 Å². The van der Waals surface area contributed by atoms with Crippen molar-refractivity contribution in [2.45, 2.75) is 0 Å². The van der Waals surface area contributed by atoms with Crippen LogP contribution in [-0.4, -0.2) is 24.1 Å². The van der Waals surface area contributed by atoms with Gasteiger partial charge in [-0.05, 0) is 118 Å². The number of nitriles is 1. The van der Waals surface area contributed by atoms with Gasteiger partial charge in [-0.15, -0.1) is 0 Å². The van der Waals surface area contributed by atoms with Gasteiger partial charge in [-0.3, -0.25) is 0 Å². The predicted octanol–water partition coefficient (Wildman–Crippen LogP) is 20.8. The molecule has 0 amide bonds. The molecule has 0 spiro atoms. The number of aromatic nitrogens is 5. The largest absolute Gasteiger partial charge is 0.455 e. The second-order valence-corrected chi connectivity index (χ2v) is 21.9. The van der Waals surface area contributed by atoms with Gasteiger partial charge in [-0.1, -0.05) is 170 Å². The van der Waals surface area contributed by atoms with E-state index in [0.717, 1.165) is 149 Å². The standard InChI is InChI=1S/C78H42N8O2/c1-80-54-32-26-48(27-33-54)52-30-36-62(68(43-52)85-64-18-7-3-16-60(64)72-66(85)40-38-58-56-14-5-9-20-70(56)87-74(58)72)77-82-76(50-24-22-47(23-25-50)51-13-11-12-46(42-51)45-79)83-78(84-77)63-37-31-53(49-28-34-55(81-2)35-29-49)44-69(63)86-65-19-8-4-17-61(65)73-67(86)41-39-59-57-15-6-10-21-71(57)88-75(59)73/h3-44H. The van der Waals surface area contributed by atoms with Crippen molar-refractivity contribution in [2.24, 2.45) is 0 Å². The van der Waals surface area contributed by atoms with Crippen LogP contribution in [0.2, 0.25) is 0 Å². The number of para-hydroxylation sites is 4. The van der Waals surface area contributed by atoms with Gasteiger partial charge in [0.1, 0.15) is 22.3 Å². The van der Waals surface area contributed by atoms with E-state index in [0.29, 0.717) is 34.4 Å². The summed E-state index contributed by atoms with van der Waals surface area (Å²) < 4.78 is 18.2. The third-order valence-electron chi connectivity index (χ3n) is 17.1. The van der Waals surface area contributed by atoms with E-state index in [1.54, 1.807) is 0 Å². The summed E-state index contributed by atoms with van der Waals surface area (Å²) in [7, 11) is 0. The Labute approximate surface area is 502 Å². The van der Waals surface area contributed by atoms with Crippen molar-refractivity contribution in [2.75, 3.05) is 0 Å². The van der Waals surface area contributed by atoms with Gasteiger partial charge in [-0.25, -0.2) is 24.6 Å². The minimum Gasteiger partial charge on any atom is -0.455 e. The molecule has 17 rings (SSSR count). The monoisotopic (exact) mass is 1120 g/mol. The molecule has 0 fully saturated rings. The highest BCUT2D eigenvalue weighted by atomic mass is 16.3. The third-order valence-corrected chi connectivity index (χ3v) is 17.1. The van der Waals surface area contributed by atoms with Crippen molar-refractivity contribution < 1.29 is 8.83 Å². The lowest BCUT2D eigenvalue weighted by molar-refractivity contribution is 0.672. The van der Waals surface area contributed by atoms with Crippen LogP contribution in [0.25, 0.3) is 176 Å². The molecule has 0 radical (unpaired) electrons. The van der Waals surface area contributed by atoms with Crippen LogP contribution in [0.4, 0.5) is 11.4 Å². The Morgan fingerprint density at radius 1 is 0.341 bits per heavy atom. The number of fused-ring (bicyclic) bond motifs is 14. The summed E-state index contributed by atoms with van der Waals surface area (Å²) in [6, 6.07) is 88.1. The highest BCUT2D eigenvalue weighted by Crippen LogP contribution is 2.46. The van der Waals surface area contributed by atoms with Crippen molar-refractivity contribution in [3.63, 3.8) is 0 Å². The van der Waals surface area contributed by atoms with Crippen LogP contribution >= 0.6 is 0 Å². The summed E-state index contributed by atoms with van der Waals surface area (Å²) in [6.07, 6.45) is 0. The molecule has 0 N–H and O–H groups in total. The van der Waals surface area contributed by atoms with Crippen LogP contribution in [0.15, 0.2) is 264 Å². The summed E-state index contributed by atoms with van der Waals surface area (Å²) >= 11 is 0. The van der Waals surface area contributed by atoms with Crippen molar-refractivity contribution in [1.29, 1.82) is 5.26 Å². The number of rotatable bonds is 8. The van der Waals surface area contributed by atoms with Crippen LogP contribution in [0.3, 0.4) is 0 Å². The Balaban J connectivity index is 0.957. The van der Waals surface area contributed by atoms with Crippen molar-refractivity contribution in [3.05, 3.63) is 283 Å². The average Bonchev–Trinajstić information content (AvgIpc) is 2.02. The predicted molar refractivity (Wildman–Crippen MR) is 353 cm³/mol. The molecule has 406 valence electrons. The summed E-state index contributed by atoms with van der Waals surface area (Å²) in [5.74, 6) is 1.31. The van der Waals surface area contributed by atoms with E-state index in [2.05, 4.69) is 146 Å². The molecule has 0 saturated heterocycles. The summed E-state index contributed by atoms with van der Waals surface area (Å²) in [6.45, 7) is 15.5.